The molecule has 1 atom stereocenters. The molecule has 0 aliphatic heterocycles. The third-order valence-corrected chi connectivity index (χ3v) is 4.49. The van der Waals surface area contributed by atoms with Crippen molar-refractivity contribution in [3.8, 4) is 0 Å². The van der Waals surface area contributed by atoms with Crippen LogP contribution in [0.3, 0.4) is 0 Å². The summed E-state index contributed by atoms with van der Waals surface area (Å²) in [5, 5.41) is 10.2. The van der Waals surface area contributed by atoms with Crippen molar-refractivity contribution in [1.29, 1.82) is 0 Å². The highest BCUT2D eigenvalue weighted by Gasteiger charge is 2.25. The van der Waals surface area contributed by atoms with Crippen LogP contribution in [0.5, 0.6) is 0 Å². The Hall–Kier alpha value is -0.0800. The van der Waals surface area contributed by atoms with Crippen LogP contribution in [0.15, 0.2) is 0 Å². The van der Waals surface area contributed by atoms with E-state index < -0.39 is 0 Å². The summed E-state index contributed by atoms with van der Waals surface area (Å²) >= 11 is 0. The lowest BCUT2D eigenvalue weighted by Crippen LogP contribution is -2.35. The molecule has 2 heteroatoms. The molecule has 0 aromatic rings. The molecule has 2 aliphatic rings. The van der Waals surface area contributed by atoms with Gasteiger partial charge < -0.3 is 10.0 Å². The molecule has 2 fully saturated rings. The first kappa shape index (κ1) is 12.4. The first-order valence-corrected chi connectivity index (χ1v) is 7.12. The van der Waals surface area contributed by atoms with Gasteiger partial charge in [0, 0.05) is 13.1 Å². The zero-order valence-corrected chi connectivity index (χ0v) is 10.7. The smallest absolute Gasteiger partial charge is 0.0695 e. The first-order chi connectivity index (χ1) is 7.75. The molecule has 1 unspecified atom stereocenters. The van der Waals surface area contributed by atoms with Gasteiger partial charge >= 0.3 is 0 Å². The Balaban J connectivity index is 1.66. The third kappa shape index (κ3) is 3.46. The maximum absolute atomic E-state index is 10.2. The Morgan fingerprint density at radius 2 is 1.62 bits per heavy atom. The number of aliphatic hydroxyl groups excluding tert-OH is 1. The van der Waals surface area contributed by atoms with E-state index in [0.717, 1.165) is 12.5 Å². The average Bonchev–Trinajstić information content (AvgIpc) is 2.88. The van der Waals surface area contributed by atoms with Crippen LogP contribution >= 0.6 is 0 Å². The highest BCUT2D eigenvalue weighted by atomic mass is 16.3. The summed E-state index contributed by atoms with van der Waals surface area (Å²) in [7, 11) is 2.18. The fraction of sp³-hybridized carbons (Fsp3) is 1.00. The van der Waals surface area contributed by atoms with Gasteiger partial charge in [-0.3, -0.25) is 0 Å². The van der Waals surface area contributed by atoms with Crippen molar-refractivity contribution in [2.24, 2.45) is 11.8 Å². The second-order valence-corrected chi connectivity index (χ2v) is 5.98. The van der Waals surface area contributed by atoms with Crippen LogP contribution < -0.4 is 0 Å². The lowest BCUT2D eigenvalue weighted by Gasteiger charge is -2.26. The van der Waals surface area contributed by atoms with Crippen molar-refractivity contribution in [3.63, 3.8) is 0 Å². The highest BCUT2D eigenvalue weighted by molar-refractivity contribution is 4.78. The molecule has 0 heterocycles. The summed E-state index contributed by atoms with van der Waals surface area (Å²) in [6, 6.07) is 0. The van der Waals surface area contributed by atoms with Gasteiger partial charge in [0.2, 0.25) is 0 Å². The predicted octanol–water partition coefficient (Wildman–Crippen LogP) is 2.66. The average molecular weight is 225 g/mol. The van der Waals surface area contributed by atoms with E-state index in [9.17, 15) is 5.11 Å². The monoisotopic (exact) mass is 225 g/mol. The van der Waals surface area contributed by atoms with E-state index in [-0.39, 0.29) is 6.10 Å². The van der Waals surface area contributed by atoms with Gasteiger partial charge in [-0.1, -0.05) is 25.7 Å². The summed E-state index contributed by atoms with van der Waals surface area (Å²) in [6.07, 6.45) is 10.7. The largest absolute Gasteiger partial charge is 0.392 e. The summed E-state index contributed by atoms with van der Waals surface area (Å²) in [6.45, 7) is 2.09. The number of hydrogen-bond acceptors (Lipinski definition) is 2. The number of likely N-dealkylation sites (N-methyl/N-ethyl adjacent to an activating group) is 1. The van der Waals surface area contributed by atoms with Crippen LogP contribution in [0.2, 0.25) is 0 Å². The topological polar surface area (TPSA) is 23.5 Å². The van der Waals surface area contributed by atoms with Crippen LogP contribution in [0.1, 0.15) is 51.4 Å². The molecular formula is C14H27NO. The standard InChI is InChI=1S/C14H27NO/c1-15(10-12-6-2-3-7-12)11-14(16)13-8-4-5-9-13/h12-14,16H,2-11H2,1H3. The van der Waals surface area contributed by atoms with E-state index >= 15 is 0 Å². The Morgan fingerprint density at radius 1 is 1.06 bits per heavy atom. The van der Waals surface area contributed by atoms with E-state index in [2.05, 4.69) is 11.9 Å². The molecular weight excluding hydrogens is 198 g/mol. The minimum atomic E-state index is -0.0751. The van der Waals surface area contributed by atoms with Crippen LogP contribution in [0.4, 0.5) is 0 Å². The van der Waals surface area contributed by atoms with E-state index in [1.807, 2.05) is 0 Å². The molecule has 94 valence electrons. The van der Waals surface area contributed by atoms with E-state index in [4.69, 9.17) is 0 Å². The molecule has 0 amide bonds. The zero-order chi connectivity index (χ0) is 11.4. The molecule has 0 saturated heterocycles. The van der Waals surface area contributed by atoms with Crippen molar-refractivity contribution < 1.29 is 5.11 Å². The fourth-order valence-corrected chi connectivity index (χ4v) is 3.52. The van der Waals surface area contributed by atoms with Crippen LogP contribution in [-0.2, 0) is 0 Å². The first-order valence-electron chi connectivity index (χ1n) is 7.12. The summed E-state index contributed by atoms with van der Waals surface area (Å²) in [5.74, 6) is 1.49. The SMILES string of the molecule is CN(CC1CCCC1)CC(O)C1CCCC1. The molecule has 1 N–H and O–H groups in total. The maximum Gasteiger partial charge on any atom is 0.0695 e. The van der Waals surface area contributed by atoms with E-state index in [1.165, 1.54) is 57.9 Å². The number of hydrogen-bond donors (Lipinski definition) is 1. The normalized spacial score (nSPS) is 25.7. The van der Waals surface area contributed by atoms with E-state index in [1.54, 1.807) is 0 Å². The fourth-order valence-electron chi connectivity index (χ4n) is 3.52. The predicted molar refractivity (Wildman–Crippen MR) is 67.4 cm³/mol. The highest BCUT2D eigenvalue weighted by Crippen LogP contribution is 2.29. The lowest BCUT2D eigenvalue weighted by molar-refractivity contribution is 0.0699. The van der Waals surface area contributed by atoms with Gasteiger partial charge in [-0.2, -0.15) is 0 Å². The summed E-state index contributed by atoms with van der Waals surface area (Å²) in [5.41, 5.74) is 0. The lowest BCUT2D eigenvalue weighted by atomic mass is 10.00. The summed E-state index contributed by atoms with van der Waals surface area (Å²) in [4.78, 5) is 2.36. The van der Waals surface area contributed by atoms with Crippen LogP contribution in [0, 0.1) is 11.8 Å². The van der Waals surface area contributed by atoms with Gasteiger partial charge in [-0.25, -0.2) is 0 Å². The van der Waals surface area contributed by atoms with Crippen molar-refractivity contribution >= 4 is 0 Å². The molecule has 0 radical (unpaired) electrons. The zero-order valence-electron chi connectivity index (χ0n) is 10.7. The Kier molecular flexibility index (Phi) is 4.66. The van der Waals surface area contributed by atoms with Gasteiger partial charge in [-0.15, -0.1) is 0 Å². The molecule has 16 heavy (non-hydrogen) atoms. The summed E-state index contributed by atoms with van der Waals surface area (Å²) < 4.78 is 0. The molecule has 0 aromatic heterocycles. The van der Waals surface area contributed by atoms with Crippen molar-refractivity contribution in [1.82, 2.24) is 4.90 Å². The molecule has 2 aliphatic carbocycles. The van der Waals surface area contributed by atoms with Crippen molar-refractivity contribution in [2.75, 3.05) is 20.1 Å². The molecule has 0 aromatic carbocycles. The second-order valence-electron chi connectivity index (χ2n) is 5.98. The maximum atomic E-state index is 10.2. The minimum Gasteiger partial charge on any atom is -0.392 e. The molecule has 2 rings (SSSR count). The Bertz CT molecular complexity index is 195. The van der Waals surface area contributed by atoms with Gasteiger partial charge in [0.1, 0.15) is 0 Å². The van der Waals surface area contributed by atoms with E-state index in [0.29, 0.717) is 5.92 Å². The second kappa shape index (κ2) is 6.02. The third-order valence-electron chi connectivity index (χ3n) is 4.49. The van der Waals surface area contributed by atoms with Gasteiger partial charge in [-0.05, 0) is 44.6 Å². The minimum absolute atomic E-state index is 0.0751. The quantitative estimate of drug-likeness (QED) is 0.777. The molecule has 2 saturated carbocycles. The number of nitrogens with zero attached hydrogens (tertiary/aromatic N) is 1. The van der Waals surface area contributed by atoms with Crippen molar-refractivity contribution in [3.05, 3.63) is 0 Å². The van der Waals surface area contributed by atoms with Crippen molar-refractivity contribution in [2.45, 2.75) is 57.5 Å². The van der Waals surface area contributed by atoms with Crippen LogP contribution in [0.25, 0.3) is 0 Å². The molecule has 0 spiro atoms. The molecule has 0 bridgehead atoms. The molecule has 2 nitrogen and oxygen atoms in total. The Morgan fingerprint density at radius 3 is 2.25 bits per heavy atom. The number of rotatable bonds is 5. The van der Waals surface area contributed by atoms with Gasteiger partial charge in [0.05, 0.1) is 6.10 Å². The van der Waals surface area contributed by atoms with Gasteiger partial charge in [0.15, 0.2) is 0 Å². The van der Waals surface area contributed by atoms with Crippen LogP contribution in [-0.4, -0.2) is 36.2 Å². The number of aliphatic hydroxyl groups is 1. The Labute approximate surface area is 100 Å². The van der Waals surface area contributed by atoms with Gasteiger partial charge in [0.25, 0.3) is 0 Å².